The van der Waals surface area contributed by atoms with Crippen LogP contribution in [-0.2, 0) is 0 Å². The monoisotopic (exact) mass is 290 g/mol. The second-order valence-electron chi connectivity index (χ2n) is 4.45. The number of hydrazine groups is 1. The molecule has 0 fully saturated rings. The minimum absolute atomic E-state index is 0.207. The van der Waals surface area contributed by atoms with Crippen LogP contribution in [0.4, 0.5) is 8.78 Å². The molecule has 0 aliphatic carbocycles. The van der Waals surface area contributed by atoms with Crippen molar-refractivity contribution >= 4 is 21.4 Å². The van der Waals surface area contributed by atoms with Crippen molar-refractivity contribution in [3.05, 3.63) is 70.6 Å². The Labute approximate surface area is 118 Å². The third-order valence-corrected chi connectivity index (χ3v) is 4.35. The summed E-state index contributed by atoms with van der Waals surface area (Å²) < 4.78 is 28.3. The zero-order chi connectivity index (χ0) is 14.1. The van der Waals surface area contributed by atoms with E-state index in [4.69, 9.17) is 5.84 Å². The Morgan fingerprint density at radius 1 is 1.05 bits per heavy atom. The molecule has 20 heavy (non-hydrogen) atoms. The van der Waals surface area contributed by atoms with Crippen molar-refractivity contribution in [2.45, 2.75) is 6.04 Å². The summed E-state index contributed by atoms with van der Waals surface area (Å²) in [5, 5.41) is 1.06. The molecule has 0 aliphatic rings. The van der Waals surface area contributed by atoms with E-state index in [1.54, 1.807) is 0 Å². The number of benzene rings is 2. The highest BCUT2D eigenvalue weighted by molar-refractivity contribution is 7.19. The van der Waals surface area contributed by atoms with Crippen molar-refractivity contribution in [1.82, 2.24) is 5.43 Å². The van der Waals surface area contributed by atoms with Gasteiger partial charge in [0, 0.05) is 15.1 Å². The molecule has 2 aromatic carbocycles. The third kappa shape index (κ3) is 2.31. The number of nitrogens with two attached hydrogens (primary N) is 1. The van der Waals surface area contributed by atoms with E-state index in [2.05, 4.69) is 5.43 Å². The van der Waals surface area contributed by atoms with Gasteiger partial charge < -0.3 is 0 Å². The van der Waals surface area contributed by atoms with Gasteiger partial charge in [0.15, 0.2) is 0 Å². The molecule has 1 aromatic heterocycles. The summed E-state index contributed by atoms with van der Waals surface area (Å²) in [4.78, 5) is 0.846. The van der Waals surface area contributed by atoms with E-state index in [1.807, 2.05) is 30.3 Å². The molecule has 0 saturated carbocycles. The number of rotatable bonds is 3. The molecule has 0 aliphatic heterocycles. The van der Waals surface area contributed by atoms with Crippen LogP contribution in [0.3, 0.4) is 0 Å². The van der Waals surface area contributed by atoms with Gasteiger partial charge in [0.1, 0.15) is 11.6 Å². The predicted octanol–water partition coefficient (Wildman–Crippen LogP) is 3.73. The van der Waals surface area contributed by atoms with Crippen molar-refractivity contribution in [3.8, 4) is 0 Å². The highest BCUT2D eigenvalue weighted by atomic mass is 32.1. The Morgan fingerprint density at radius 2 is 1.85 bits per heavy atom. The quantitative estimate of drug-likeness (QED) is 0.570. The van der Waals surface area contributed by atoms with Crippen LogP contribution in [0.25, 0.3) is 10.1 Å². The molecule has 0 spiro atoms. The number of hydrogen-bond donors (Lipinski definition) is 2. The van der Waals surface area contributed by atoms with E-state index in [0.29, 0.717) is 0 Å². The van der Waals surface area contributed by atoms with Crippen molar-refractivity contribution in [2.24, 2.45) is 5.84 Å². The molecule has 1 unspecified atom stereocenters. The maximum Gasteiger partial charge on any atom is 0.128 e. The molecule has 0 radical (unpaired) electrons. The van der Waals surface area contributed by atoms with Gasteiger partial charge in [-0.15, -0.1) is 11.3 Å². The van der Waals surface area contributed by atoms with Crippen LogP contribution in [0.15, 0.2) is 48.5 Å². The van der Waals surface area contributed by atoms with Crippen LogP contribution < -0.4 is 11.3 Å². The Kier molecular flexibility index (Phi) is 3.48. The van der Waals surface area contributed by atoms with Gasteiger partial charge in [0.2, 0.25) is 0 Å². The van der Waals surface area contributed by atoms with Crippen LogP contribution in [0.5, 0.6) is 0 Å². The summed E-state index contributed by atoms with van der Waals surface area (Å²) >= 11 is 1.51. The number of nitrogens with one attached hydrogen (secondary N) is 1. The van der Waals surface area contributed by atoms with Crippen LogP contribution >= 0.6 is 11.3 Å². The van der Waals surface area contributed by atoms with Crippen molar-refractivity contribution in [1.29, 1.82) is 0 Å². The maximum atomic E-state index is 13.9. The first kappa shape index (κ1) is 13.2. The fraction of sp³-hybridized carbons (Fsp3) is 0.0667. The number of hydrogen-bond acceptors (Lipinski definition) is 3. The van der Waals surface area contributed by atoms with Crippen molar-refractivity contribution < 1.29 is 8.78 Å². The molecule has 0 bridgehead atoms. The third-order valence-electron chi connectivity index (χ3n) is 3.16. The van der Waals surface area contributed by atoms with Gasteiger partial charge in [-0.2, -0.15) is 0 Å². The summed E-state index contributed by atoms with van der Waals surface area (Å²) in [6, 6.07) is 12.6. The van der Waals surface area contributed by atoms with Gasteiger partial charge in [-0.1, -0.05) is 18.2 Å². The molecule has 102 valence electrons. The largest absolute Gasteiger partial charge is 0.271 e. The van der Waals surface area contributed by atoms with Gasteiger partial charge in [-0.05, 0) is 35.7 Å². The average molecular weight is 290 g/mol. The lowest BCUT2D eigenvalue weighted by molar-refractivity contribution is 0.549. The van der Waals surface area contributed by atoms with Gasteiger partial charge in [-0.3, -0.25) is 5.84 Å². The van der Waals surface area contributed by atoms with Crippen LogP contribution in [0.2, 0.25) is 0 Å². The number of thiophene rings is 1. The molecule has 1 atom stereocenters. The van der Waals surface area contributed by atoms with Gasteiger partial charge in [0.05, 0.1) is 6.04 Å². The normalized spacial score (nSPS) is 12.8. The zero-order valence-electron chi connectivity index (χ0n) is 10.4. The Morgan fingerprint density at radius 3 is 2.60 bits per heavy atom. The zero-order valence-corrected chi connectivity index (χ0v) is 11.3. The molecule has 0 amide bonds. The van der Waals surface area contributed by atoms with E-state index in [0.717, 1.165) is 27.1 Å². The molecular weight excluding hydrogens is 278 g/mol. The highest BCUT2D eigenvalue weighted by Gasteiger charge is 2.19. The van der Waals surface area contributed by atoms with E-state index < -0.39 is 17.7 Å². The van der Waals surface area contributed by atoms with Crippen molar-refractivity contribution in [3.63, 3.8) is 0 Å². The van der Waals surface area contributed by atoms with E-state index in [-0.39, 0.29) is 5.56 Å². The fourth-order valence-corrected chi connectivity index (χ4v) is 3.35. The predicted molar refractivity (Wildman–Crippen MR) is 77.3 cm³/mol. The molecule has 5 heteroatoms. The Hall–Kier alpha value is -1.82. The van der Waals surface area contributed by atoms with Gasteiger partial charge in [0.25, 0.3) is 0 Å². The standard InChI is InChI=1S/C15H12F2N2S/c16-10-5-6-12(17)11(8-10)15(19-18)14-7-9-3-1-2-4-13(9)20-14/h1-8,15,19H,18H2. The summed E-state index contributed by atoms with van der Waals surface area (Å²) in [5.41, 5.74) is 2.77. The SMILES string of the molecule is NNC(c1cc2ccccc2s1)c1cc(F)ccc1F. The minimum atomic E-state index is -0.567. The second-order valence-corrected chi connectivity index (χ2v) is 5.57. The van der Waals surface area contributed by atoms with E-state index >= 15 is 0 Å². The highest BCUT2D eigenvalue weighted by Crippen LogP contribution is 2.33. The molecule has 1 heterocycles. The van der Waals surface area contributed by atoms with Gasteiger partial charge >= 0.3 is 0 Å². The van der Waals surface area contributed by atoms with Gasteiger partial charge in [-0.25, -0.2) is 14.2 Å². The van der Waals surface area contributed by atoms with Crippen LogP contribution in [-0.4, -0.2) is 0 Å². The molecule has 2 nitrogen and oxygen atoms in total. The lowest BCUT2D eigenvalue weighted by Crippen LogP contribution is -2.29. The second kappa shape index (κ2) is 5.28. The topological polar surface area (TPSA) is 38.0 Å². The lowest BCUT2D eigenvalue weighted by atomic mass is 10.0. The Bertz CT molecular complexity index is 721. The van der Waals surface area contributed by atoms with Crippen molar-refractivity contribution in [2.75, 3.05) is 0 Å². The molecule has 3 N–H and O–H groups in total. The van der Waals surface area contributed by atoms with Crippen LogP contribution in [0, 0.1) is 11.6 Å². The summed E-state index contributed by atoms with van der Waals surface area (Å²) in [6.07, 6.45) is 0. The van der Waals surface area contributed by atoms with Crippen LogP contribution in [0.1, 0.15) is 16.5 Å². The van der Waals surface area contributed by atoms with E-state index in [1.165, 1.54) is 17.4 Å². The first-order chi connectivity index (χ1) is 9.69. The number of halogens is 2. The molecular formula is C15H12F2N2S. The molecule has 3 aromatic rings. The first-order valence-electron chi connectivity index (χ1n) is 6.08. The minimum Gasteiger partial charge on any atom is -0.271 e. The summed E-state index contributed by atoms with van der Waals surface area (Å²) in [5.74, 6) is 4.58. The average Bonchev–Trinajstić information content (AvgIpc) is 2.87. The summed E-state index contributed by atoms with van der Waals surface area (Å²) in [6.45, 7) is 0. The Balaban J connectivity index is 2.11. The number of fused-ring (bicyclic) bond motifs is 1. The lowest BCUT2D eigenvalue weighted by Gasteiger charge is -2.15. The smallest absolute Gasteiger partial charge is 0.128 e. The molecule has 0 saturated heterocycles. The summed E-state index contributed by atoms with van der Waals surface area (Å²) in [7, 11) is 0. The first-order valence-corrected chi connectivity index (χ1v) is 6.90. The molecule has 3 rings (SSSR count). The fourth-order valence-electron chi connectivity index (χ4n) is 2.21. The maximum absolute atomic E-state index is 13.9. The van der Waals surface area contributed by atoms with E-state index in [9.17, 15) is 8.78 Å².